The van der Waals surface area contributed by atoms with Crippen molar-refractivity contribution >= 4 is 5.97 Å². The summed E-state index contributed by atoms with van der Waals surface area (Å²) in [5, 5.41) is 13.9. The van der Waals surface area contributed by atoms with Crippen LogP contribution in [0.3, 0.4) is 0 Å². The molecule has 0 fully saturated rings. The molecule has 8 nitrogen and oxygen atoms in total. The summed E-state index contributed by atoms with van der Waals surface area (Å²) in [6.07, 6.45) is 3.36. The monoisotopic (exact) mass is 383 g/mol. The number of aromatic nitrogens is 2. The van der Waals surface area contributed by atoms with Gasteiger partial charge in [-0.05, 0) is 37.4 Å². The molecule has 0 aliphatic rings. The number of carboxylic acids is 1. The van der Waals surface area contributed by atoms with Gasteiger partial charge in [0.05, 0.1) is 20.8 Å². The molecule has 0 aliphatic heterocycles. The fraction of sp³-hybridized carbons (Fsp3) is 0.250. The van der Waals surface area contributed by atoms with Crippen molar-refractivity contribution in [1.82, 2.24) is 15.0 Å². The van der Waals surface area contributed by atoms with Crippen molar-refractivity contribution in [2.75, 3.05) is 21.3 Å². The maximum absolute atomic E-state index is 12.0. The summed E-state index contributed by atoms with van der Waals surface area (Å²) in [5.41, 5.74) is 1.95. The van der Waals surface area contributed by atoms with Crippen molar-refractivity contribution in [2.45, 2.75) is 12.6 Å². The molecule has 0 spiro atoms. The van der Waals surface area contributed by atoms with Crippen LogP contribution >= 0.6 is 0 Å². The molecule has 2 heterocycles. The predicted octanol–water partition coefficient (Wildman–Crippen LogP) is 3.01. The highest BCUT2D eigenvalue weighted by Crippen LogP contribution is 2.33. The highest BCUT2D eigenvalue weighted by atomic mass is 16.5. The minimum absolute atomic E-state index is 0.241. The average molecular weight is 383 g/mol. The number of likely N-dealkylation sites (N-methyl/N-ethyl adjacent to an activating group) is 1. The van der Waals surface area contributed by atoms with Crippen LogP contribution in [0.15, 0.2) is 53.3 Å². The number of pyridine rings is 1. The van der Waals surface area contributed by atoms with Crippen LogP contribution < -0.4 is 9.47 Å². The molecule has 8 heteroatoms. The van der Waals surface area contributed by atoms with E-state index in [9.17, 15) is 9.90 Å². The Morgan fingerprint density at radius 3 is 2.71 bits per heavy atom. The molecule has 146 valence electrons. The number of carboxylic acid groups (broad SMARTS) is 1. The lowest BCUT2D eigenvalue weighted by Crippen LogP contribution is -2.30. The first-order chi connectivity index (χ1) is 13.5. The summed E-state index contributed by atoms with van der Waals surface area (Å²) in [6.45, 7) is 0.241. The summed E-state index contributed by atoms with van der Waals surface area (Å²) >= 11 is 0. The second-order valence-electron chi connectivity index (χ2n) is 6.18. The molecular weight excluding hydrogens is 362 g/mol. The molecule has 3 aromatic rings. The van der Waals surface area contributed by atoms with Crippen LogP contribution in [-0.2, 0) is 11.3 Å². The molecule has 3 rings (SSSR count). The first kappa shape index (κ1) is 19.4. The first-order valence-corrected chi connectivity index (χ1v) is 8.54. The zero-order chi connectivity index (χ0) is 20.1. The predicted molar refractivity (Wildman–Crippen MR) is 101 cm³/mol. The fourth-order valence-electron chi connectivity index (χ4n) is 2.99. The Hall–Kier alpha value is -3.39. The van der Waals surface area contributed by atoms with E-state index in [0.29, 0.717) is 28.5 Å². The van der Waals surface area contributed by atoms with Crippen LogP contribution in [-0.4, -0.2) is 47.4 Å². The van der Waals surface area contributed by atoms with Gasteiger partial charge in [-0.3, -0.25) is 14.7 Å². The number of hydrogen-bond acceptors (Lipinski definition) is 7. The molecule has 2 aromatic heterocycles. The minimum Gasteiger partial charge on any atom is -0.497 e. The summed E-state index contributed by atoms with van der Waals surface area (Å²) in [5.74, 6) is 0.540. The van der Waals surface area contributed by atoms with Gasteiger partial charge in [0, 0.05) is 29.6 Å². The fourth-order valence-corrected chi connectivity index (χ4v) is 2.99. The quantitative estimate of drug-likeness (QED) is 0.634. The lowest BCUT2D eigenvalue weighted by atomic mass is 10.0. The van der Waals surface area contributed by atoms with Crippen LogP contribution in [0.4, 0.5) is 0 Å². The number of ether oxygens (including phenoxy) is 2. The summed E-state index contributed by atoms with van der Waals surface area (Å²) in [6, 6.07) is 9.57. The maximum atomic E-state index is 12.0. The van der Waals surface area contributed by atoms with E-state index in [2.05, 4.69) is 10.1 Å². The lowest BCUT2D eigenvalue weighted by molar-refractivity contribution is -0.143. The molecule has 0 saturated heterocycles. The highest BCUT2D eigenvalue weighted by Gasteiger charge is 2.29. The molecule has 1 aromatic carbocycles. The molecule has 1 atom stereocenters. The van der Waals surface area contributed by atoms with E-state index in [1.54, 1.807) is 48.6 Å². The summed E-state index contributed by atoms with van der Waals surface area (Å²) < 4.78 is 16.0. The zero-order valence-electron chi connectivity index (χ0n) is 15.8. The van der Waals surface area contributed by atoms with Gasteiger partial charge in [-0.25, -0.2) is 0 Å². The minimum atomic E-state index is -1.01. The molecule has 0 saturated carbocycles. The molecular formula is C20H21N3O5. The third kappa shape index (κ3) is 4.12. The molecule has 1 unspecified atom stereocenters. The maximum Gasteiger partial charge on any atom is 0.325 e. The molecule has 0 aliphatic carbocycles. The van der Waals surface area contributed by atoms with Crippen molar-refractivity contribution in [3.8, 4) is 22.8 Å². The van der Waals surface area contributed by atoms with Crippen molar-refractivity contribution in [2.24, 2.45) is 0 Å². The van der Waals surface area contributed by atoms with Gasteiger partial charge in [0.15, 0.2) is 5.76 Å². The number of rotatable bonds is 8. The number of nitrogens with zero attached hydrogens (tertiary/aromatic N) is 3. The van der Waals surface area contributed by atoms with Crippen LogP contribution in [0.25, 0.3) is 11.3 Å². The van der Waals surface area contributed by atoms with E-state index < -0.39 is 12.0 Å². The van der Waals surface area contributed by atoms with Gasteiger partial charge < -0.3 is 19.1 Å². The van der Waals surface area contributed by atoms with Gasteiger partial charge in [-0.15, -0.1) is 0 Å². The van der Waals surface area contributed by atoms with Gasteiger partial charge >= 0.3 is 5.97 Å². The Morgan fingerprint density at radius 2 is 2.07 bits per heavy atom. The summed E-state index contributed by atoms with van der Waals surface area (Å²) in [4.78, 5) is 17.7. The highest BCUT2D eigenvalue weighted by molar-refractivity contribution is 5.77. The van der Waals surface area contributed by atoms with Gasteiger partial charge in [-0.1, -0.05) is 5.16 Å². The SMILES string of the molecule is COc1ccc(OC)c(C(C(=O)O)N(C)Cc2cc(-c3cccnc3)no2)c1. The van der Waals surface area contributed by atoms with E-state index in [1.165, 1.54) is 14.2 Å². The number of methoxy groups -OCH3 is 2. The van der Waals surface area contributed by atoms with Crippen molar-refractivity contribution in [1.29, 1.82) is 0 Å². The van der Waals surface area contributed by atoms with Crippen molar-refractivity contribution < 1.29 is 23.9 Å². The average Bonchev–Trinajstić information content (AvgIpc) is 3.16. The Morgan fingerprint density at radius 1 is 1.25 bits per heavy atom. The van der Waals surface area contributed by atoms with Crippen molar-refractivity contribution in [3.63, 3.8) is 0 Å². The zero-order valence-corrected chi connectivity index (χ0v) is 15.8. The normalized spacial score (nSPS) is 12.0. The van der Waals surface area contributed by atoms with Crippen LogP contribution in [0, 0.1) is 0 Å². The van der Waals surface area contributed by atoms with Crippen LogP contribution in [0.2, 0.25) is 0 Å². The Balaban J connectivity index is 1.86. The van der Waals surface area contributed by atoms with E-state index >= 15 is 0 Å². The van der Waals surface area contributed by atoms with Crippen molar-refractivity contribution in [3.05, 3.63) is 60.1 Å². The van der Waals surface area contributed by atoms with E-state index in [1.807, 2.05) is 12.1 Å². The lowest BCUT2D eigenvalue weighted by Gasteiger charge is -2.25. The van der Waals surface area contributed by atoms with Gasteiger partial charge in [0.2, 0.25) is 0 Å². The largest absolute Gasteiger partial charge is 0.497 e. The molecule has 0 amide bonds. The first-order valence-electron chi connectivity index (χ1n) is 8.54. The number of benzene rings is 1. The number of hydrogen-bond donors (Lipinski definition) is 1. The third-order valence-corrected chi connectivity index (χ3v) is 4.33. The second-order valence-corrected chi connectivity index (χ2v) is 6.18. The number of carbonyl (C=O) groups is 1. The summed E-state index contributed by atoms with van der Waals surface area (Å²) in [7, 11) is 4.73. The van der Waals surface area contributed by atoms with Gasteiger partial charge in [0.25, 0.3) is 0 Å². The van der Waals surface area contributed by atoms with Crippen LogP contribution in [0.1, 0.15) is 17.4 Å². The molecule has 28 heavy (non-hydrogen) atoms. The molecule has 0 bridgehead atoms. The molecule has 0 radical (unpaired) electrons. The van der Waals surface area contributed by atoms with E-state index in [0.717, 1.165) is 5.56 Å². The molecule has 1 N–H and O–H groups in total. The second kappa shape index (κ2) is 8.53. The smallest absolute Gasteiger partial charge is 0.325 e. The topological polar surface area (TPSA) is 97.9 Å². The van der Waals surface area contributed by atoms with E-state index in [-0.39, 0.29) is 6.54 Å². The van der Waals surface area contributed by atoms with E-state index in [4.69, 9.17) is 14.0 Å². The Bertz CT molecular complexity index is 942. The Kier molecular flexibility index (Phi) is 5.90. The van der Waals surface area contributed by atoms with Crippen LogP contribution in [0.5, 0.6) is 11.5 Å². The van der Waals surface area contributed by atoms with Gasteiger partial charge in [-0.2, -0.15) is 0 Å². The Labute approximate surface area is 162 Å². The third-order valence-electron chi connectivity index (χ3n) is 4.33. The standard InChI is InChI=1S/C20H21N3O5/c1-23(12-15-10-17(22-28-15)13-5-4-8-21-11-13)19(20(24)25)16-9-14(26-2)6-7-18(16)27-3/h4-11,19H,12H2,1-3H3,(H,24,25). The number of aliphatic carboxylic acids is 1. The van der Waals surface area contributed by atoms with Gasteiger partial charge in [0.1, 0.15) is 23.2 Å².